The van der Waals surface area contributed by atoms with Crippen molar-refractivity contribution in [1.29, 1.82) is 0 Å². The van der Waals surface area contributed by atoms with Gasteiger partial charge in [0, 0.05) is 38.9 Å². The molecule has 15 heavy (non-hydrogen) atoms. The molecule has 0 amide bonds. The second kappa shape index (κ2) is 4.81. The van der Waals surface area contributed by atoms with Gasteiger partial charge < -0.3 is 15.0 Å². The lowest BCUT2D eigenvalue weighted by Crippen LogP contribution is -2.58. The van der Waals surface area contributed by atoms with Crippen molar-refractivity contribution in [3.05, 3.63) is 0 Å². The van der Waals surface area contributed by atoms with Crippen molar-refractivity contribution in [2.24, 2.45) is 5.41 Å². The van der Waals surface area contributed by atoms with Crippen LogP contribution in [0.2, 0.25) is 0 Å². The normalized spacial score (nSPS) is 26.6. The molecular formula is C12H24N2O. The number of nitrogens with one attached hydrogen (secondary N) is 1. The van der Waals surface area contributed by atoms with E-state index >= 15 is 0 Å². The Morgan fingerprint density at radius 2 is 2.00 bits per heavy atom. The maximum atomic E-state index is 5.48. The van der Waals surface area contributed by atoms with Crippen LogP contribution in [0.3, 0.4) is 0 Å². The third-order valence-electron chi connectivity index (χ3n) is 4.27. The minimum absolute atomic E-state index is 0.530. The highest BCUT2D eigenvalue weighted by Crippen LogP contribution is 2.35. The van der Waals surface area contributed by atoms with Crippen LogP contribution in [-0.2, 0) is 4.74 Å². The quantitative estimate of drug-likeness (QED) is 0.755. The molecule has 0 radical (unpaired) electrons. The van der Waals surface area contributed by atoms with Gasteiger partial charge >= 0.3 is 0 Å². The SMILES string of the molecule is CCC1(CN(C)C2CNC2)CCOCC1. The van der Waals surface area contributed by atoms with Gasteiger partial charge in [-0.3, -0.25) is 0 Å². The highest BCUT2D eigenvalue weighted by Gasteiger charge is 2.34. The van der Waals surface area contributed by atoms with Crippen molar-refractivity contribution >= 4 is 0 Å². The zero-order chi connectivity index (χ0) is 10.7. The van der Waals surface area contributed by atoms with Crippen LogP contribution in [-0.4, -0.2) is 50.8 Å². The van der Waals surface area contributed by atoms with Gasteiger partial charge in [0.25, 0.3) is 0 Å². The summed E-state index contributed by atoms with van der Waals surface area (Å²) in [5.74, 6) is 0. The average molecular weight is 212 g/mol. The van der Waals surface area contributed by atoms with Gasteiger partial charge in [0.15, 0.2) is 0 Å². The van der Waals surface area contributed by atoms with Crippen molar-refractivity contribution in [3.63, 3.8) is 0 Å². The maximum Gasteiger partial charge on any atom is 0.0471 e. The molecule has 3 nitrogen and oxygen atoms in total. The Bertz CT molecular complexity index is 198. The lowest BCUT2D eigenvalue weighted by atomic mass is 9.77. The molecule has 3 heteroatoms. The molecule has 2 rings (SSSR count). The molecule has 0 bridgehead atoms. The van der Waals surface area contributed by atoms with Gasteiger partial charge in [0.05, 0.1) is 0 Å². The van der Waals surface area contributed by atoms with Gasteiger partial charge in [-0.25, -0.2) is 0 Å². The van der Waals surface area contributed by atoms with E-state index in [-0.39, 0.29) is 0 Å². The summed E-state index contributed by atoms with van der Waals surface area (Å²) in [4.78, 5) is 2.55. The van der Waals surface area contributed by atoms with Gasteiger partial charge in [0.2, 0.25) is 0 Å². The Hall–Kier alpha value is -0.120. The lowest BCUT2D eigenvalue weighted by molar-refractivity contribution is -0.0130. The van der Waals surface area contributed by atoms with Crippen LogP contribution in [0.15, 0.2) is 0 Å². The number of ether oxygens (including phenoxy) is 1. The molecule has 0 spiro atoms. The van der Waals surface area contributed by atoms with Crippen molar-refractivity contribution in [2.75, 3.05) is 39.9 Å². The molecule has 2 fully saturated rings. The van der Waals surface area contributed by atoms with Crippen molar-refractivity contribution in [2.45, 2.75) is 32.2 Å². The number of nitrogens with zero attached hydrogens (tertiary/aromatic N) is 1. The van der Waals surface area contributed by atoms with E-state index in [4.69, 9.17) is 4.74 Å². The highest BCUT2D eigenvalue weighted by atomic mass is 16.5. The van der Waals surface area contributed by atoms with Crippen molar-refractivity contribution in [1.82, 2.24) is 10.2 Å². The Morgan fingerprint density at radius 3 is 2.47 bits per heavy atom. The van der Waals surface area contributed by atoms with E-state index in [1.807, 2.05) is 0 Å². The number of hydrogen-bond acceptors (Lipinski definition) is 3. The summed E-state index contributed by atoms with van der Waals surface area (Å²) < 4.78 is 5.48. The fourth-order valence-corrected chi connectivity index (χ4v) is 2.67. The van der Waals surface area contributed by atoms with E-state index in [0.717, 1.165) is 19.3 Å². The Labute approximate surface area is 93.2 Å². The van der Waals surface area contributed by atoms with Crippen LogP contribution in [0.25, 0.3) is 0 Å². The summed E-state index contributed by atoms with van der Waals surface area (Å²) in [6.07, 6.45) is 3.78. The van der Waals surface area contributed by atoms with E-state index < -0.39 is 0 Å². The lowest BCUT2D eigenvalue weighted by Gasteiger charge is -2.44. The molecule has 2 aliphatic rings. The van der Waals surface area contributed by atoms with Gasteiger partial charge in [-0.05, 0) is 31.7 Å². The van der Waals surface area contributed by atoms with Gasteiger partial charge in [0.1, 0.15) is 0 Å². The molecule has 0 aromatic carbocycles. The van der Waals surface area contributed by atoms with E-state index in [1.165, 1.54) is 38.9 Å². The molecule has 88 valence electrons. The van der Waals surface area contributed by atoms with Gasteiger partial charge in [-0.2, -0.15) is 0 Å². The molecule has 0 unspecified atom stereocenters. The molecule has 1 N–H and O–H groups in total. The standard InChI is InChI=1S/C12H24N2O/c1-3-12(4-6-15-7-5-12)10-14(2)11-8-13-9-11/h11,13H,3-10H2,1-2H3. The first kappa shape index (κ1) is 11.4. The molecule has 0 aromatic heterocycles. The minimum atomic E-state index is 0.530. The van der Waals surface area contributed by atoms with Crippen molar-refractivity contribution in [3.8, 4) is 0 Å². The predicted octanol–water partition coefficient (Wildman–Crippen LogP) is 1.10. The largest absolute Gasteiger partial charge is 0.381 e. The molecule has 2 heterocycles. The van der Waals surface area contributed by atoms with Crippen LogP contribution >= 0.6 is 0 Å². The topological polar surface area (TPSA) is 24.5 Å². The fraction of sp³-hybridized carbons (Fsp3) is 1.00. The molecule has 2 aliphatic heterocycles. The first-order valence-corrected chi connectivity index (χ1v) is 6.24. The number of rotatable bonds is 4. The Balaban J connectivity index is 1.87. The van der Waals surface area contributed by atoms with Crippen LogP contribution in [0.5, 0.6) is 0 Å². The second-order valence-electron chi connectivity index (χ2n) is 5.19. The highest BCUT2D eigenvalue weighted by molar-refractivity contribution is 4.89. The molecule has 0 aliphatic carbocycles. The zero-order valence-corrected chi connectivity index (χ0v) is 10.1. The van der Waals surface area contributed by atoms with Gasteiger partial charge in [-0.15, -0.1) is 0 Å². The Morgan fingerprint density at radius 1 is 1.33 bits per heavy atom. The summed E-state index contributed by atoms with van der Waals surface area (Å²) in [5, 5.41) is 3.34. The number of likely N-dealkylation sites (N-methyl/N-ethyl adjacent to an activating group) is 1. The fourth-order valence-electron chi connectivity index (χ4n) is 2.67. The summed E-state index contributed by atoms with van der Waals surface area (Å²) in [7, 11) is 2.28. The smallest absolute Gasteiger partial charge is 0.0471 e. The summed E-state index contributed by atoms with van der Waals surface area (Å²) in [6.45, 7) is 7.85. The number of hydrogen-bond donors (Lipinski definition) is 1. The molecule has 0 atom stereocenters. The first-order chi connectivity index (χ1) is 7.26. The maximum absolute atomic E-state index is 5.48. The van der Waals surface area contributed by atoms with Gasteiger partial charge in [-0.1, -0.05) is 6.92 Å². The molecule has 0 aromatic rings. The second-order valence-corrected chi connectivity index (χ2v) is 5.19. The average Bonchev–Trinajstić information content (AvgIpc) is 2.16. The van der Waals surface area contributed by atoms with Crippen LogP contribution in [0.1, 0.15) is 26.2 Å². The molecular weight excluding hydrogens is 188 g/mol. The predicted molar refractivity (Wildman–Crippen MR) is 62.1 cm³/mol. The van der Waals surface area contributed by atoms with Crippen molar-refractivity contribution < 1.29 is 4.74 Å². The Kier molecular flexibility index (Phi) is 3.65. The van der Waals surface area contributed by atoms with E-state index in [0.29, 0.717) is 5.41 Å². The molecule has 2 saturated heterocycles. The summed E-state index contributed by atoms with van der Waals surface area (Å²) in [6, 6.07) is 0.774. The van der Waals surface area contributed by atoms with E-state index in [1.54, 1.807) is 0 Å². The third kappa shape index (κ3) is 2.52. The van der Waals surface area contributed by atoms with Crippen LogP contribution in [0.4, 0.5) is 0 Å². The van der Waals surface area contributed by atoms with E-state index in [2.05, 4.69) is 24.2 Å². The summed E-state index contributed by atoms with van der Waals surface area (Å²) in [5.41, 5.74) is 0.530. The van der Waals surface area contributed by atoms with Crippen LogP contribution < -0.4 is 5.32 Å². The first-order valence-electron chi connectivity index (χ1n) is 6.24. The zero-order valence-electron chi connectivity index (χ0n) is 10.1. The van der Waals surface area contributed by atoms with Crippen LogP contribution in [0, 0.1) is 5.41 Å². The molecule has 0 saturated carbocycles. The third-order valence-corrected chi connectivity index (χ3v) is 4.27. The minimum Gasteiger partial charge on any atom is -0.381 e. The monoisotopic (exact) mass is 212 g/mol. The van der Waals surface area contributed by atoms with E-state index in [9.17, 15) is 0 Å². The summed E-state index contributed by atoms with van der Waals surface area (Å²) >= 11 is 0.